The smallest absolute Gasteiger partial charge is 0.128 e. The number of nitrogens with one attached hydrogen (secondary N) is 1. The van der Waals surface area contributed by atoms with Crippen LogP contribution in [0.2, 0.25) is 0 Å². The molecule has 2 heterocycles. The van der Waals surface area contributed by atoms with E-state index in [-0.39, 0.29) is 0 Å². The highest BCUT2D eigenvalue weighted by atomic mass is 15.2. The van der Waals surface area contributed by atoms with Crippen LogP contribution >= 0.6 is 0 Å². The molecule has 0 aromatic carbocycles. The van der Waals surface area contributed by atoms with Gasteiger partial charge in [-0.2, -0.15) is 0 Å². The molecule has 17 heavy (non-hydrogen) atoms. The summed E-state index contributed by atoms with van der Waals surface area (Å²) in [5, 5.41) is 3.61. The van der Waals surface area contributed by atoms with Crippen molar-refractivity contribution >= 4 is 5.82 Å². The van der Waals surface area contributed by atoms with Crippen LogP contribution in [0.15, 0.2) is 24.4 Å². The van der Waals surface area contributed by atoms with Crippen molar-refractivity contribution in [1.82, 2.24) is 10.3 Å². The van der Waals surface area contributed by atoms with Gasteiger partial charge < -0.3 is 10.2 Å². The molecule has 1 saturated heterocycles. The average Bonchev–Trinajstić information content (AvgIpc) is 2.40. The van der Waals surface area contributed by atoms with E-state index in [0.29, 0.717) is 6.04 Å². The van der Waals surface area contributed by atoms with Gasteiger partial charge in [-0.05, 0) is 37.9 Å². The van der Waals surface area contributed by atoms with E-state index in [2.05, 4.69) is 34.3 Å². The molecule has 0 aliphatic carbocycles. The average molecular weight is 233 g/mol. The molecule has 0 radical (unpaired) electrons. The van der Waals surface area contributed by atoms with E-state index in [0.717, 1.165) is 18.9 Å². The summed E-state index contributed by atoms with van der Waals surface area (Å²) in [6.45, 7) is 5.58. The van der Waals surface area contributed by atoms with Crippen LogP contribution in [0.3, 0.4) is 0 Å². The first kappa shape index (κ1) is 12.4. The molecule has 3 nitrogen and oxygen atoms in total. The number of pyridine rings is 1. The third kappa shape index (κ3) is 3.70. The number of rotatable bonds is 5. The fourth-order valence-electron chi connectivity index (χ4n) is 2.46. The van der Waals surface area contributed by atoms with Gasteiger partial charge in [-0.15, -0.1) is 0 Å². The van der Waals surface area contributed by atoms with Crippen molar-refractivity contribution < 1.29 is 0 Å². The molecule has 1 aliphatic heterocycles. The number of hydrogen-bond acceptors (Lipinski definition) is 3. The Morgan fingerprint density at radius 1 is 1.41 bits per heavy atom. The maximum Gasteiger partial charge on any atom is 0.128 e. The fourth-order valence-corrected chi connectivity index (χ4v) is 2.46. The van der Waals surface area contributed by atoms with Crippen molar-refractivity contribution in [3.63, 3.8) is 0 Å². The summed E-state index contributed by atoms with van der Waals surface area (Å²) >= 11 is 0. The maximum atomic E-state index is 4.46. The predicted molar refractivity (Wildman–Crippen MR) is 72.4 cm³/mol. The molecule has 2 rings (SSSR count). The summed E-state index contributed by atoms with van der Waals surface area (Å²) in [5.74, 6) is 1.11. The minimum atomic E-state index is 0.636. The van der Waals surface area contributed by atoms with Gasteiger partial charge in [0.2, 0.25) is 0 Å². The Bertz CT molecular complexity index is 307. The Hall–Kier alpha value is -1.09. The van der Waals surface area contributed by atoms with Gasteiger partial charge in [0.15, 0.2) is 0 Å². The van der Waals surface area contributed by atoms with Crippen molar-refractivity contribution in [2.45, 2.75) is 38.6 Å². The van der Waals surface area contributed by atoms with Crippen molar-refractivity contribution in [3.8, 4) is 0 Å². The molecule has 1 aromatic heterocycles. The number of aromatic nitrogens is 1. The third-order valence-corrected chi connectivity index (χ3v) is 3.32. The van der Waals surface area contributed by atoms with Crippen LogP contribution in [0.4, 0.5) is 5.82 Å². The zero-order valence-corrected chi connectivity index (χ0v) is 10.7. The van der Waals surface area contributed by atoms with Crippen molar-refractivity contribution in [3.05, 3.63) is 24.4 Å². The minimum absolute atomic E-state index is 0.636. The van der Waals surface area contributed by atoms with Crippen LogP contribution in [0.5, 0.6) is 0 Å². The van der Waals surface area contributed by atoms with Gasteiger partial charge in [0, 0.05) is 25.3 Å². The maximum absolute atomic E-state index is 4.46. The molecule has 1 atom stereocenters. The van der Waals surface area contributed by atoms with E-state index in [1.54, 1.807) is 0 Å². The summed E-state index contributed by atoms with van der Waals surface area (Å²) < 4.78 is 0. The molecule has 1 aliphatic rings. The molecule has 1 N–H and O–H groups in total. The number of piperidine rings is 1. The normalized spacial score (nSPS) is 20.2. The van der Waals surface area contributed by atoms with E-state index in [1.807, 2.05) is 12.3 Å². The number of nitrogens with zero attached hydrogens (tertiary/aromatic N) is 2. The molecular weight excluding hydrogens is 210 g/mol. The fraction of sp³-hybridized carbons (Fsp3) is 0.643. The molecule has 0 saturated carbocycles. The first-order chi connectivity index (χ1) is 8.40. The standard InChI is InChI=1S/C14H23N3/c1-2-11-17(14-8-4-6-10-16-14)12-13-7-3-5-9-15-13/h4,6,8,10,13,15H,2-3,5,7,9,11-12H2,1H3. The number of hydrogen-bond donors (Lipinski definition) is 1. The molecule has 94 valence electrons. The van der Waals surface area contributed by atoms with E-state index < -0.39 is 0 Å². The Labute approximate surface area is 104 Å². The second-order valence-electron chi connectivity index (χ2n) is 4.78. The van der Waals surface area contributed by atoms with Gasteiger partial charge >= 0.3 is 0 Å². The van der Waals surface area contributed by atoms with Crippen LogP contribution < -0.4 is 10.2 Å². The summed E-state index contributed by atoms with van der Waals surface area (Å²) in [4.78, 5) is 6.87. The SMILES string of the molecule is CCCN(CC1CCCCN1)c1ccccn1. The van der Waals surface area contributed by atoms with Crippen molar-refractivity contribution in [1.29, 1.82) is 0 Å². The Balaban J connectivity index is 1.96. The summed E-state index contributed by atoms with van der Waals surface area (Å²) in [7, 11) is 0. The van der Waals surface area contributed by atoms with Gasteiger partial charge in [-0.1, -0.05) is 19.4 Å². The lowest BCUT2D eigenvalue weighted by Gasteiger charge is -2.31. The number of anilines is 1. The molecule has 1 unspecified atom stereocenters. The van der Waals surface area contributed by atoms with Gasteiger partial charge in [-0.3, -0.25) is 0 Å². The van der Waals surface area contributed by atoms with Gasteiger partial charge in [0.25, 0.3) is 0 Å². The highest BCUT2D eigenvalue weighted by Gasteiger charge is 2.16. The van der Waals surface area contributed by atoms with E-state index in [4.69, 9.17) is 0 Å². The second-order valence-corrected chi connectivity index (χ2v) is 4.78. The van der Waals surface area contributed by atoms with Crippen LogP contribution in [0.25, 0.3) is 0 Å². The monoisotopic (exact) mass is 233 g/mol. The molecule has 3 heteroatoms. The summed E-state index contributed by atoms with van der Waals surface area (Å²) in [6.07, 6.45) is 7.04. The molecule has 0 spiro atoms. The second kappa shape index (κ2) is 6.60. The van der Waals surface area contributed by atoms with Gasteiger partial charge in [0.05, 0.1) is 0 Å². The summed E-state index contributed by atoms with van der Waals surface area (Å²) in [6, 6.07) is 6.79. The van der Waals surface area contributed by atoms with Crippen molar-refractivity contribution in [2.75, 3.05) is 24.5 Å². The molecule has 1 fully saturated rings. The van der Waals surface area contributed by atoms with Crippen LogP contribution in [0, 0.1) is 0 Å². The summed E-state index contributed by atoms with van der Waals surface area (Å²) in [5.41, 5.74) is 0. The molecule has 1 aromatic rings. The predicted octanol–water partition coefficient (Wildman–Crippen LogP) is 2.44. The zero-order valence-electron chi connectivity index (χ0n) is 10.7. The van der Waals surface area contributed by atoms with E-state index in [1.165, 1.54) is 32.2 Å². The van der Waals surface area contributed by atoms with Gasteiger partial charge in [-0.25, -0.2) is 4.98 Å². The van der Waals surface area contributed by atoms with Crippen molar-refractivity contribution in [2.24, 2.45) is 0 Å². The van der Waals surface area contributed by atoms with Gasteiger partial charge in [0.1, 0.15) is 5.82 Å². The first-order valence-electron chi connectivity index (χ1n) is 6.79. The molecule has 0 bridgehead atoms. The quantitative estimate of drug-likeness (QED) is 0.846. The Morgan fingerprint density at radius 2 is 2.35 bits per heavy atom. The zero-order chi connectivity index (χ0) is 11.9. The Morgan fingerprint density at radius 3 is 3.00 bits per heavy atom. The molecular formula is C14H23N3. The lowest BCUT2D eigenvalue weighted by atomic mass is 10.0. The lowest BCUT2D eigenvalue weighted by Crippen LogP contribution is -2.44. The topological polar surface area (TPSA) is 28.2 Å². The van der Waals surface area contributed by atoms with E-state index >= 15 is 0 Å². The molecule has 0 amide bonds. The lowest BCUT2D eigenvalue weighted by molar-refractivity contribution is 0.398. The highest BCUT2D eigenvalue weighted by molar-refractivity contribution is 5.37. The largest absolute Gasteiger partial charge is 0.355 e. The highest BCUT2D eigenvalue weighted by Crippen LogP contribution is 2.14. The van der Waals surface area contributed by atoms with Crippen LogP contribution in [-0.2, 0) is 0 Å². The van der Waals surface area contributed by atoms with Crippen LogP contribution in [-0.4, -0.2) is 30.7 Å². The van der Waals surface area contributed by atoms with Crippen LogP contribution in [0.1, 0.15) is 32.6 Å². The van der Waals surface area contributed by atoms with E-state index in [9.17, 15) is 0 Å². The Kier molecular flexibility index (Phi) is 4.80. The third-order valence-electron chi connectivity index (χ3n) is 3.32. The minimum Gasteiger partial charge on any atom is -0.355 e. The first-order valence-corrected chi connectivity index (χ1v) is 6.79.